The molecule has 0 aliphatic rings. The fraction of sp³-hybridized carbons (Fsp3) is 0.308. The third kappa shape index (κ3) is 2.58. The van der Waals surface area contributed by atoms with Crippen molar-refractivity contribution in [2.75, 3.05) is 17.7 Å². The normalized spacial score (nSPS) is 10.5. The lowest BCUT2D eigenvalue weighted by atomic mass is 10.2. The van der Waals surface area contributed by atoms with Crippen molar-refractivity contribution < 1.29 is 4.52 Å². The second kappa shape index (κ2) is 4.49. The summed E-state index contributed by atoms with van der Waals surface area (Å²) in [5.74, 6) is 0.830. The monoisotopic (exact) mass is 231 g/mol. The van der Waals surface area contributed by atoms with Crippen molar-refractivity contribution in [3.05, 3.63) is 41.3 Å². The number of hydrogen-bond acceptors (Lipinski definition) is 4. The summed E-state index contributed by atoms with van der Waals surface area (Å²) >= 11 is 0. The molecule has 0 radical (unpaired) electrons. The highest BCUT2D eigenvalue weighted by atomic mass is 16.5. The average Bonchev–Trinajstić information content (AvgIpc) is 2.68. The predicted octanol–water partition coefficient (Wildman–Crippen LogP) is 2.51. The number of benzene rings is 1. The zero-order chi connectivity index (χ0) is 12.4. The van der Waals surface area contributed by atoms with Crippen LogP contribution in [0.2, 0.25) is 0 Å². The number of rotatable bonds is 3. The molecule has 0 atom stereocenters. The van der Waals surface area contributed by atoms with Gasteiger partial charge in [0.15, 0.2) is 0 Å². The average molecular weight is 231 g/mol. The number of nitrogen functional groups attached to an aromatic ring is 1. The van der Waals surface area contributed by atoms with Crippen molar-refractivity contribution in [1.82, 2.24) is 5.16 Å². The Labute approximate surface area is 101 Å². The second-order valence-electron chi connectivity index (χ2n) is 4.33. The van der Waals surface area contributed by atoms with Crippen molar-refractivity contribution in [3.63, 3.8) is 0 Å². The molecule has 0 aliphatic heterocycles. The first kappa shape index (κ1) is 11.5. The lowest BCUT2D eigenvalue weighted by molar-refractivity contribution is 0.390. The van der Waals surface area contributed by atoms with E-state index in [1.807, 2.05) is 39.1 Å². The molecular formula is C13H17N3O. The van der Waals surface area contributed by atoms with Gasteiger partial charge >= 0.3 is 0 Å². The van der Waals surface area contributed by atoms with Crippen LogP contribution >= 0.6 is 0 Å². The van der Waals surface area contributed by atoms with Crippen molar-refractivity contribution in [2.45, 2.75) is 20.4 Å². The van der Waals surface area contributed by atoms with Gasteiger partial charge in [0.25, 0.3) is 0 Å². The van der Waals surface area contributed by atoms with E-state index in [1.54, 1.807) is 0 Å². The van der Waals surface area contributed by atoms with E-state index in [0.717, 1.165) is 28.4 Å². The van der Waals surface area contributed by atoms with Crippen LogP contribution in [0.1, 0.15) is 17.0 Å². The van der Waals surface area contributed by atoms with E-state index in [1.165, 1.54) is 0 Å². The van der Waals surface area contributed by atoms with Crippen LogP contribution in [-0.4, -0.2) is 12.2 Å². The summed E-state index contributed by atoms with van der Waals surface area (Å²) in [5, 5.41) is 3.97. The van der Waals surface area contributed by atoms with Gasteiger partial charge in [-0.25, -0.2) is 0 Å². The Morgan fingerprint density at radius 1 is 1.29 bits per heavy atom. The molecule has 90 valence electrons. The van der Waals surface area contributed by atoms with E-state index in [9.17, 15) is 0 Å². The molecule has 2 rings (SSSR count). The Balaban J connectivity index is 2.14. The molecule has 0 aliphatic carbocycles. The third-order valence-electron chi connectivity index (χ3n) is 2.78. The SMILES string of the molecule is Cc1cc(CN(C)c2ccc(C)c(N)c2)no1. The van der Waals surface area contributed by atoms with Crippen LogP contribution in [0.15, 0.2) is 28.8 Å². The van der Waals surface area contributed by atoms with Crippen LogP contribution in [-0.2, 0) is 6.54 Å². The van der Waals surface area contributed by atoms with Crippen LogP contribution in [0.4, 0.5) is 11.4 Å². The van der Waals surface area contributed by atoms with Gasteiger partial charge in [-0.1, -0.05) is 11.2 Å². The summed E-state index contributed by atoms with van der Waals surface area (Å²) in [6.07, 6.45) is 0. The fourth-order valence-corrected chi connectivity index (χ4v) is 1.69. The molecule has 2 N–H and O–H groups in total. The maximum atomic E-state index is 5.90. The molecule has 17 heavy (non-hydrogen) atoms. The third-order valence-corrected chi connectivity index (χ3v) is 2.78. The highest BCUT2D eigenvalue weighted by molar-refractivity contribution is 5.59. The first-order valence-corrected chi connectivity index (χ1v) is 5.55. The van der Waals surface area contributed by atoms with Gasteiger partial charge in [0.05, 0.1) is 6.54 Å². The molecule has 0 spiro atoms. The fourth-order valence-electron chi connectivity index (χ4n) is 1.69. The molecule has 1 heterocycles. The van der Waals surface area contributed by atoms with Crippen LogP contribution in [0.25, 0.3) is 0 Å². The molecule has 0 saturated carbocycles. The Morgan fingerprint density at radius 2 is 2.06 bits per heavy atom. The van der Waals surface area contributed by atoms with Gasteiger partial charge in [0.1, 0.15) is 11.5 Å². The summed E-state index contributed by atoms with van der Waals surface area (Å²) in [7, 11) is 2.01. The van der Waals surface area contributed by atoms with Gasteiger partial charge in [0, 0.05) is 24.5 Å². The van der Waals surface area contributed by atoms with E-state index in [4.69, 9.17) is 10.3 Å². The molecular weight excluding hydrogens is 214 g/mol. The van der Waals surface area contributed by atoms with Crippen molar-refractivity contribution in [3.8, 4) is 0 Å². The van der Waals surface area contributed by atoms with Crippen LogP contribution in [0.3, 0.4) is 0 Å². The van der Waals surface area contributed by atoms with Gasteiger partial charge in [-0.05, 0) is 31.5 Å². The van der Waals surface area contributed by atoms with E-state index in [0.29, 0.717) is 6.54 Å². The zero-order valence-electron chi connectivity index (χ0n) is 10.4. The summed E-state index contributed by atoms with van der Waals surface area (Å²) in [5.41, 5.74) is 9.80. The number of hydrogen-bond donors (Lipinski definition) is 1. The number of nitrogens with zero attached hydrogens (tertiary/aromatic N) is 2. The minimum absolute atomic E-state index is 0.708. The van der Waals surface area contributed by atoms with E-state index >= 15 is 0 Å². The molecule has 0 fully saturated rings. The molecule has 0 amide bonds. The van der Waals surface area contributed by atoms with Crippen LogP contribution in [0, 0.1) is 13.8 Å². The highest BCUT2D eigenvalue weighted by Crippen LogP contribution is 2.21. The van der Waals surface area contributed by atoms with Crippen molar-refractivity contribution in [2.24, 2.45) is 0 Å². The molecule has 4 heteroatoms. The molecule has 0 unspecified atom stereocenters. The highest BCUT2D eigenvalue weighted by Gasteiger charge is 2.06. The van der Waals surface area contributed by atoms with Crippen LogP contribution < -0.4 is 10.6 Å². The number of aromatic nitrogens is 1. The number of aryl methyl sites for hydroxylation is 2. The smallest absolute Gasteiger partial charge is 0.133 e. The minimum atomic E-state index is 0.708. The maximum Gasteiger partial charge on any atom is 0.133 e. The van der Waals surface area contributed by atoms with Crippen molar-refractivity contribution >= 4 is 11.4 Å². The lowest BCUT2D eigenvalue weighted by Crippen LogP contribution is -2.16. The van der Waals surface area contributed by atoms with Gasteiger partial charge < -0.3 is 15.2 Å². The summed E-state index contributed by atoms with van der Waals surface area (Å²) in [6.45, 7) is 4.60. The van der Waals surface area contributed by atoms with Gasteiger partial charge in [-0.15, -0.1) is 0 Å². The molecule has 0 bridgehead atoms. The Morgan fingerprint density at radius 3 is 2.65 bits per heavy atom. The van der Waals surface area contributed by atoms with E-state index < -0.39 is 0 Å². The molecule has 4 nitrogen and oxygen atoms in total. The summed E-state index contributed by atoms with van der Waals surface area (Å²) in [6, 6.07) is 7.99. The number of nitrogens with two attached hydrogens (primary N) is 1. The first-order valence-electron chi connectivity index (χ1n) is 5.55. The zero-order valence-corrected chi connectivity index (χ0v) is 10.4. The Kier molecular flexibility index (Phi) is 3.04. The molecule has 1 aromatic heterocycles. The predicted molar refractivity (Wildman–Crippen MR) is 68.9 cm³/mol. The van der Waals surface area contributed by atoms with Crippen LogP contribution in [0.5, 0.6) is 0 Å². The Bertz CT molecular complexity index is 519. The lowest BCUT2D eigenvalue weighted by Gasteiger charge is -2.18. The summed E-state index contributed by atoms with van der Waals surface area (Å²) in [4.78, 5) is 2.09. The van der Waals surface area contributed by atoms with Gasteiger partial charge in [-0.2, -0.15) is 0 Å². The molecule has 2 aromatic rings. The van der Waals surface area contributed by atoms with E-state index in [2.05, 4.69) is 16.1 Å². The minimum Gasteiger partial charge on any atom is -0.398 e. The number of anilines is 2. The van der Waals surface area contributed by atoms with Gasteiger partial charge in [-0.3, -0.25) is 0 Å². The summed E-state index contributed by atoms with van der Waals surface area (Å²) < 4.78 is 5.04. The quantitative estimate of drug-likeness (QED) is 0.825. The van der Waals surface area contributed by atoms with E-state index in [-0.39, 0.29) is 0 Å². The first-order chi connectivity index (χ1) is 8.06. The van der Waals surface area contributed by atoms with Gasteiger partial charge in [0.2, 0.25) is 0 Å². The molecule has 1 aromatic carbocycles. The largest absolute Gasteiger partial charge is 0.398 e. The topological polar surface area (TPSA) is 55.3 Å². The molecule has 0 saturated heterocycles. The van der Waals surface area contributed by atoms with Crippen molar-refractivity contribution in [1.29, 1.82) is 0 Å². The second-order valence-corrected chi connectivity index (χ2v) is 4.33. The Hall–Kier alpha value is -1.97. The standard InChI is InChI=1S/C13H17N3O/c1-9-4-5-12(7-13(9)14)16(3)8-11-6-10(2)17-15-11/h4-7H,8,14H2,1-3H3. The maximum absolute atomic E-state index is 5.90.